The number of nitrogens with one attached hydrogen (secondary N) is 2. The van der Waals surface area contributed by atoms with E-state index in [1.807, 2.05) is 17.5 Å². The maximum atomic E-state index is 11.9. The van der Waals surface area contributed by atoms with Crippen LogP contribution in [-0.4, -0.2) is 5.91 Å². The minimum absolute atomic E-state index is 0.0995. The second-order valence-electron chi connectivity index (χ2n) is 4.41. The van der Waals surface area contributed by atoms with Gasteiger partial charge >= 0.3 is 0 Å². The zero-order valence-electron chi connectivity index (χ0n) is 9.87. The van der Waals surface area contributed by atoms with Crippen molar-refractivity contribution in [2.45, 2.75) is 32.1 Å². The molecule has 0 bridgehead atoms. The molecule has 4 heteroatoms. The number of hydrogen-bond acceptors (Lipinski definition) is 3. The smallest absolute Gasteiger partial charge is 0.241 e. The van der Waals surface area contributed by atoms with Gasteiger partial charge in [-0.1, -0.05) is 31.9 Å². The third-order valence-electron chi connectivity index (χ3n) is 3.13. The van der Waals surface area contributed by atoms with E-state index in [9.17, 15) is 4.79 Å². The van der Waals surface area contributed by atoms with E-state index in [0.717, 1.165) is 23.4 Å². The van der Waals surface area contributed by atoms with Crippen molar-refractivity contribution in [3.8, 4) is 0 Å². The summed E-state index contributed by atoms with van der Waals surface area (Å²) >= 11 is 1.60. The van der Waals surface area contributed by atoms with Crippen LogP contribution < -0.4 is 10.9 Å². The molecule has 2 N–H and O–H groups in total. The third-order valence-corrected chi connectivity index (χ3v) is 4.06. The van der Waals surface area contributed by atoms with Crippen LogP contribution in [0.2, 0.25) is 0 Å². The molecule has 92 valence electrons. The van der Waals surface area contributed by atoms with E-state index >= 15 is 0 Å². The van der Waals surface area contributed by atoms with Crippen molar-refractivity contribution in [3.63, 3.8) is 0 Å². The van der Waals surface area contributed by atoms with Crippen molar-refractivity contribution in [3.05, 3.63) is 29.0 Å². The monoisotopic (exact) mass is 250 g/mol. The fraction of sp³-hybridized carbons (Fsp3) is 0.462. The van der Waals surface area contributed by atoms with E-state index in [2.05, 4.69) is 17.4 Å². The van der Waals surface area contributed by atoms with Crippen LogP contribution in [0.3, 0.4) is 0 Å². The number of carbonyl (C=O) groups excluding carboxylic acids is 1. The SMILES string of the molecule is C=C(NNC(=O)C1CCCCC1)c1cccs1. The van der Waals surface area contributed by atoms with Crippen molar-refractivity contribution in [2.75, 3.05) is 0 Å². The molecule has 1 heterocycles. The first-order valence-electron chi connectivity index (χ1n) is 6.06. The van der Waals surface area contributed by atoms with Crippen LogP contribution in [0.25, 0.3) is 5.70 Å². The lowest BCUT2D eigenvalue weighted by Gasteiger charge is -2.21. The van der Waals surface area contributed by atoms with Gasteiger partial charge in [0.2, 0.25) is 5.91 Å². The van der Waals surface area contributed by atoms with E-state index in [-0.39, 0.29) is 11.8 Å². The lowest BCUT2D eigenvalue weighted by atomic mass is 9.89. The molecule has 3 nitrogen and oxygen atoms in total. The van der Waals surface area contributed by atoms with Gasteiger partial charge in [-0.3, -0.25) is 15.6 Å². The number of rotatable bonds is 4. The van der Waals surface area contributed by atoms with Gasteiger partial charge in [0.15, 0.2) is 0 Å². The number of amides is 1. The Balaban J connectivity index is 1.77. The highest BCUT2D eigenvalue weighted by molar-refractivity contribution is 7.11. The Morgan fingerprint density at radius 3 is 2.71 bits per heavy atom. The molecule has 0 saturated heterocycles. The molecule has 0 aliphatic heterocycles. The highest BCUT2D eigenvalue weighted by Gasteiger charge is 2.20. The quantitative estimate of drug-likeness (QED) is 0.807. The van der Waals surface area contributed by atoms with Gasteiger partial charge in [-0.15, -0.1) is 11.3 Å². The molecule has 1 amide bonds. The summed E-state index contributed by atoms with van der Waals surface area (Å²) < 4.78 is 0. The van der Waals surface area contributed by atoms with Gasteiger partial charge in [-0.25, -0.2) is 0 Å². The molecule has 1 aromatic rings. The summed E-state index contributed by atoms with van der Waals surface area (Å²) in [4.78, 5) is 12.9. The van der Waals surface area contributed by atoms with Crippen LogP contribution >= 0.6 is 11.3 Å². The number of hydrazine groups is 1. The second-order valence-corrected chi connectivity index (χ2v) is 5.35. The molecule has 0 aromatic carbocycles. The zero-order valence-corrected chi connectivity index (χ0v) is 10.7. The molecule has 17 heavy (non-hydrogen) atoms. The van der Waals surface area contributed by atoms with Crippen molar-refractivity contribution >= 4 is 22.9 Å². The Morgan fingerprint density at radius 2 is 2.06 bits per heavy atom. The summed E-state index contributed by atoms with van der Waals surface area (Å²) in [6, 6.07) is 3.95. The summed E-state index contributed by atoms with van der Waals surface area (Å²) in [6.45, 7) is 3.90. The van der Waals surface area contributed by atoms with Crippen LogP contribution in [-0.2, 0) is 4.79 Å². The topological polar surface area (TPSA) is 41.1 Å². The van der Waals surface area contributed by atoms with Crippen LogP contribution in [0.15, 0.2) is 24.1 Å². The summed E-state index contributed by atoms with van der Waals surface area (Å²) in [5, 5.41) is 1.99. The fourth-order valence-corrected chi connectivity index (χ4v) is 2.77. The van der Waals surface area contributed by atoms with Crippen LogP contribution in [0.5, 0.6) is 0 Å². The summed E-state index contributed by atoms with van der Waals surface area (Å²) in [5.74, 6) is 0.273. The average molecular weight is 250 g/mol. The van der Waals surface area contributed by atoms with E-state index in [4.69, 9.17) is 0 Å². The Bertz CT molecular complexity index is 380. The van der Waals surface area contributed by atoms with Gasteiger partial charge in [0, 0.05) is 5.92 Å². The van der Waals surface area contributed by atoms with Crippen molar-refractivity contribution in [1.82, 2.24) is 10.9 Å². The van der Waals surface area contributed by atoms with Gasteiger partial charge in [-0.2, -0.15) is 0 Å². The molecule has 2 rings (SSSR count). The lowest BCUT2D eigenvalue weighted by Crippen LogP contribution is -2.40. The predicted octanol–water partition coefficient (Wildman–Crippen LogP) is 2.92. The fourth-order valence-electron chi connectivity index (χ4n) is 2.12. The highest BCUT2D eigenvalue weighted by Crippen LogP contribution is 2.23. The maximum Gasteiger partial charge on any atom is 0.241 e. The predicted molar refractivity (Wildman–Crippen MR) is 71.2 cm³/mol. The molecule has 1 aromatic heterocycles. The number of thiophene rings is 1. The molecule has 1 aliphatic rings. The Kier molecular flexibility index (Phi) is 4.20. The normalized spacial score (nSPS) is 16.5. The molecular weight excluding hydrogens is 232 g/mol. The van der Waals surface area contributed by atoms with Crippen LogP contribution in [0.4, 0.5) is 0 Å². The van der Waals surface area contributed by atoms with Crippen molar-refractivity contribution in [2.24, 2.45) is 5.92 Å². The van der Waals surface area contributed by atoms with Gasteiger partial charge in [0.05, 0.1) is 10.6 Å². The molecule has 0 atom stereocenters. The van der Waals surface area contributed by atoms with Gasteiger partial charge in [-0.05, 0) is 24.3 Å². The number of hydrogen-bond donors (Lipinski definition) is 2. The zero-order chi connectivity index (χ0) is 12.1. The van der Waals surface area contributed by atoms with Crippen molar-refractivity contribution < 1.29 is 4.79 Å². The van der Waals surface area contributed by atoms with E-state index in [0.29, 0.717) is 0 Å². The molecule has 0 unspecified atom stereocenters. The molecular formula is C13H18N2OS. The molecule has 0 radical (unpaired) electrons. The minimum Gasteiger partial charge on any atom is -0.298 e. The maximum absolute atomic E-state index is 11.9. The summed E-state index contributed by atoms with van der Waals surface area (Å²) in [6.07, 6.45) is 5.63. The Labute approximate surface area is 106 Å². The summed E-state index contributed by atoms with van der Waals surface area (Å²) in [7, 11) is 0. The lowest BCUT2D eigenvalue weighted by molar-refractivity contribution is -0.126. The molecule has 1 fully saturated rings. The first-order chi connectivity index (χ1) is 8.27. The Hall–Kier alpha value is -1.29. The second kappa shape index (κ2) is 5.87. The number of carbonyl (C=O) groups is 1. The third kappa shape index (κ3) is 3.33. The van der Waals surface area contributed by atoms with Crippen LogP contribution in [0, 0.1) is 5.92 Å². The van der Waals surface area contributed by atoms with Crippen LogP contribution in [0.1, 0.15) is 37.0 Å². The standard InChI is InChI=1S/C13H18N2OS/c1-10(12-8-5-9-17-12)14-15-13(16)11-6-3-2-4-7-11/h5,8-9,11,14H,1-4,6-7H2,(H,15,16). The van der Waals surface area contributed by atoms with Gasteiger partial charge < -0.3 is 0 Å². The first kappa shape index (κ1) is 12.2. The largest absolute Gasteiger partial charge is 0.298 e. The van der Waals surface area contributed by atoms with Gasteiger partial charge in [0.25, 0.3) is 0 Å². The molecule has 0 spiro atoms. The minimum atomic E-state index is 0.0995. The van der Waals surface area contributed by atoms with Gasteiger partial charge in [0.1, 0.15) is 0 Å². The van der Waals surface area contributed by atoms with Crippen molar-refractivity contribution in [1.29, 1.82) is 0 Å². The highest BCUT2D eigenvalue weighted by atomic mass is 32.1. The summed E-state index contributed by atoms with van der Waals surface area (Å²) in [5.41, 5.74) is 6.41. The van der Waals surface area contributed by atoms with E-state index in [1.54, 1.807) is 11.3 Å². The average Bonchev–Trinajstić information content (AvgIpc) is 2.90. The molecule has 1 saturated carbocycles. The Morgan fingerprint density at radius 1 is 1.29 bits per heavy atom. The van der Waals surface area contributed by atoms with E-state index in [1.165, 1.54) is 19.3 Å². The first-order valence-corrected chi connectivity index (χ1v) is 6.94. The molecule has 1 aliphatic carbocycles. The van der Waals surface area contributed by atoms with E-state index < -0.39 is 0 Å².